The zero-order valence-corrected chi connectivity index (χ0v) is 15.5. The third-order valence-electron chi connectivity index (χ3n) is 4.18. The number of non-ortho nitro benzene ring substituents is 1. The maximum absolute atomic E-state index is 13.0. The van der Waals surface area contributed by atoms with Gasteiger partial charge >= 0.3 is 0 Å². The van der Waals surface area contributed by atoms with Crippen LogP contribution in [0.4, 0.5) is 11.4 Å². The van der Waals surface area contributed by atoms with Gasteiger partial charge in [0, 0.05) is 17.5 Å². The molecule has 4 rings (SSSR count). The Morgan fingerprint density at radius 1 is 1.04 bits per heavy atom. The van der Waals surface area contributed by atoms with Crippen molar-refractivity contribution in [3.8, 4) is 0 Å². The van der Waals surface area contributed by atoms with Crippen molar-refractivity contribution in [1.29, 1.82) is 0 Å². The van der Waals surface area contributed by atoms with E-state index in [2.05, 4.69) is 0 Å². The molecule has 0 bridgehead atoms. The Morgan fingerprint density at radius 3 is 2.59 bits per heavy atom. The Bertz CT molecular complexity index is 1140. The van der Waals surface area contributed by atoms with Crippen LogP contribution in [0.3, 0.4) is 0 Å². The molecule has 0 saturated carbocycles. The molecule has 3 aromatic rings. The number of nitrogens with zero attached hydrogens (tertiary/aromatic N) is 2. The number of nitro benzene ring substituents is 1. The number of hydrogen-bond acceptors (Lipinski definition) is 5. The third-order valence-corrected chi connectivity index (χ3v) is 5.48. The summed E-state index contributed by atoms with van der Waals surface area (Å²) in [6, 6.07) is 19.7. The molecule has 1 heterocycles. The van der Waals surface area contributed by atoms with Crippen LogP contribution in [-0.2, 0) is 4.79 Å². The van der Waals surface area contributed by atoms with Gasteiger partial charge in [0.25, 0.3) is 11.6 Å². The number of thioether (sulfide) groups is 1. The Hall–Kier alpha value is -3.03. The predicted octanol–water partition coefficient (Wildman–Crippen LogP) is 5.15. The van der Waals surface area contributed by atoms with Crippen molar-refractivity contribution in [2.75, 3.05) is 4.90 Å². The van der Waals surface area contributed by atoms with Gasteiger partial charge in [-0.2, -0.15) is 0 Å². The van der Waals surface area contributed by atoms with Crippen molar-refractivity contribution < 1.29 is 9.72 Å². The minimum atomic E-state index is -0.460. The molecule has 1 fully saturated rings. The normalized spacial score (nSPS) is 15.7. The number of rotatable bonds is 3. The number of benzene rings is 3. The molecule has 0 N–H and O–H groups in total. The summed E-state index contributed by atoms with van der Waals surface area (Å²) >= 11 is 6.64. The minimum absolute atomic E-state index is 0.0201. The van der Waals surface area contributed by atoms with Gasteiger partial charge in [0.15, 0.2) is 4.32 Å². The Morgan fingerprint density at radius 2 is 1.78 bits per heavy atom. The van der Waals surface area contributed by atoms with Gasteiger partial charge in [-0.15, -0.1) is 0 Å². The molecule has 0 unspecified atom stereocenters. The van der Waals surface area contributed by atoms with Crippen molar-refractivity contribution in [3.05, 3.63) is 87.3 Å². The number of anilines is 1. The Labute approximate surface area is 164 Å². The Balaban J connectivity index is 1.74. The third kappa shape index (κ3) is 3.22. The summed E-state index contributed by atoms with van der Waals surface area (Å²) in [4.78, 5) is 25.4. The summed E-state index contributed by atoms with van der Waals surface area (Å²) in [6.45, 7) is 0. The molecular weight excluding hydrogens is 380 g/mol. The van der Waals surface area contributed by atoms with E-state index in [1.54, 1.807) is 18.2 Å². The summed E-state index contributed by atoms with van der Waals surface area (Å²) in [5, 5.41) is 12.9. The highest BCUT2D eigenvalue weighted by atomic mass is 32.2. The fourth-order valence-corrected chi connectivity index (χ4v) is 4.24. The van der Waals surface area contributed by atoms with E-state index >= 15 is 0 Å². The van der Waals surface area contributed by atoms with E-state index in [0.29, 0.717) is 14.8 Å². The molecule has 1 amide bonds. The number of carbonyl (C=O) groups excluding carboxylic acids is 1. The molecule has 0 aromatic heterocycles. The van der Waals surface area contributed by atoms with Crippen molar-refractivity contribution in [3.63, 3.8) is 0 Å². The van der Waals surface area contributed by atoms with E-state index in [1.165, 1.54) is 28.8 Å². The standard InChI is InChI=1S/C20H12N2O3S2/c23-19-18(12-13-5-3-8-15(11-13)22(24)25)27-20(26)21(19)17-10-4-7-14-6-1-2-9-16(14)17/h1-12H/b18-12+. The second-order valence-electron chi connectivity index (χ2n) is 5.87. The van der Waals surface area contributed by atoms with E-state index in [-0.39, 0.29) is 11.6 Å². The largest absolute Gasteiger partial charge is 0.270 e. The van der Waals surface area contributed by atoms with E-state index < -0.39 is 4.92 Å². The maximum Gasteiger partial charge on any atom is 0.270 e. The van der Waals surface area contributed by atoms with Crippen LogP contribution in [0, 0.1) is 10.1 Å². The number of carbonyl (C=O) groups is 1. The van der Waals surface area contributed by atoms with Crippen LogP contribution >= 0.6 is 24.0 Å². The monoisotopic (exact) mass is 392 g/mol. The second-order valence-corrected chi connectivity index (χ2v) is 7.54. The first kappa shape index (κ1) is 17.4. The first-order valence-electron chi connectivity index (χ1n) is 8.05. The van der Waals surface area contributed by atoms with Crippen LogP contribution < -0.4 is 4.90 Å². The van der Waals surface area contributed by atoms with Crippen LogP contribution in [0.5, 0.6) is 0 Å². The van der Waals surface area contributed by atoms with Crippen LogP contribution in [-0.4, -0.2) is 15.2 Å². The summed E-state index contributed by atoms with van der Waals surface area (Å²) < 4.78 is 0.438. The topological polar surface area (TPSA) is 63.4 Å². The zero-order chi connectivity index (χ0) is 19.0. The number of thiocarbonyl (C=S) groups is 1. The van der Waals surface area contributed by atoms with E-state index in [9.17, 15) is 14.9 Å². The number of amides is 1. The zero-order valence-electron chi connectivity index (χ0n) is 13.9. The highest BCUT2D eigenvalue weighted by molar-refractivity contribution is 8.27. The van der Waals surface area contributed by atoms with Gasteiger partial charge in [0.05, 0.1) is 15.5 Å². The van der Waals surface area contributed by atoms with E-state index in [0.717, 1.165) is 16.5 Å². The molecular formula is C20H12N2O3S2. The quantitative estimate of drug-likeness (QED) is 0.267. The Kier molecular flexibility index (Phi) is 4.47. The summed E-state index contributed by atoms with van der Waals surface area (Å²) in [5.74, 6) is -0.229. The van der Waals surface area contributed by atoms with Crippen molar-refractivity contribution in [2.45, 2.75) is 0 Å². The SMILES string of the molecule is O=C1/C(=C\c2cccc([N+](=O)[O-])c2)SC(=S)N1c1cccc2ccccc12. The lowest BCUT2D eigenvalue weighted by atomic mass is 10.1. The van der Waals surface area contributed by atoms with Gasteiger partial charge in [-0.05, 0) is 23.1 Å². The summed E-state index contributed by atoms with van der Waals surface area (Å²) in [6.07, 6.45) is 1.64. The smallest absolute Gasteiger partial charge is 0.268 e. The molecule has 3 aromatic carbocycles. The molecule has 5 nitrogen and oxygen atoms in total. The number of fused-ring (bicyclic) bond motifs is 1. The molecule has 1 aliphatic heterocycles. The number of nitro groups is 1. The van der Waals surface area contributed by atoms with Crippen LogP contribution in [0.15, 0.2) is 71.6 Å². The lowest BCUT2D eigenvalue weighted by Crippen LogP contribution is -2.27. The van der Waals surface area contributed by atoms with Gasteiger partial charge in [0.1, 0.15) is 0 Å². The molecule has 0 radical (unpaired) electrons. The average Bonchev–Trinajstić information content (AvgIpc) is 2.94. The lowest BCUT2D eigenvalue weighted by Gasteiger charge is -2.17. The average molecular weight is 392 g/mol. The van der Waals surface area contributed by atoms with Crippen LogP contribution in [0.25, 0.3) is 16.8 Å². The van der Waals surface area contributed by atoms with Gasteiger partial charge in [-0.3, -0.25) is 19.8 Å². The molecule has 1 saturated heterocycles. The summed E-state index contributed by atoms with van der Waals surface area (Å²) in [7, 11) is 0. The molecule has 27 heavy (non-hydrogen) atoms. The van der Waals surface area contributed by atoms with Crippen molar-refractivity contribution in [2.24, 2.45) is 0 Å². The molecule has 0 aliphatic carbocycles. The van der Waals surface area contributed by atoms with Crippen LogP contribution in [0.2, 0.25) is 0 Å². The number of hydrogen-bond donors (Lipinski definition) is 0. The maximum atomic E-state index is 13.0. The molecule has 1 aliphatic rings. The molecule has 7 heteroatoms. The van der Waals surface area contributed by atoms with Gasteiger partial charge in [-0.1, -0.05) is 72.5 Å². The molecule has 0 spiro atoms. The fraction of sp³-hybridized carbons (Fsp3) is 0. The first-order chi connectivity index (χ1) is 13.0. The van der Waals surface area contributed by atoms with E-state index in [4.69, 9.17) is 12.2 Å². The van der Waals surface area contributed by atoms with Gasteiger partial charge in [-0.25, -0.2) is 0 Å². The lowest BCUT2D eigenvalue weighted by molar-refractivity contribution is -0.384. The van der Waals surface area contributed by atoms with Gasteiger partial charge in [0.2, 0.25) is 0 Å². The predicted molar refractivity (Wildman–Crippen MR) is 113 cm³/mol. The van der Waals surface area contributed by atoms with Crippen molar-refractivity contribution in [1.82, 2.24) is 0 Å². The van der Waals surface area contributed by atoms with Gasteiger partial charge < -0.3 is 0 Å². The second kappa shape index (κ2) is 6.94. The summed E-state index contributed by atoms with van der Waals surface area (Å²) in [5.41, 5.74) is 1.30. The molecule has 0 atom stereocenters. The highest BCUT2D eigenvalue weighted by Crippen LogP contribution is 2.39. The highest BCUT2D eigenvalue weighted by Gasteiger charge is 2.34. The van der Waals surface area contributed by atoms with Crippen LogP contribution in [0.1, 0.15) is 5.56 Å². The minimum Gasteiger partial charge on any atom is -0.268 e. The van der Waals surface area contributed by atoms with E-state index in [1.807, 2.05) is 42.5 Å². The first-order valence-corrected chi connectivity index (χ1v) is 9.27. The molecule has 132 valence electrons. The van der Waals surface area contributed by atoms with Crippen molar-refractivity contribution >= 4 is 62.4 Å². The fourth-order valence-electron chi connectivity index (χ4n) is 2.96.